The van der Waals surface area contributed by atoms with Gasteiger partial charge in [-0.3, -0.25) is 4.79 Å². The molecular weight excluding hydrogens is 324 g/mol. The Balaban J connectivity index is 1.71. The molecule has 1 atom stereocenters. The SMILES string of the molecule is CC(=O)C(c1ccccc1)[N+]1(CCCOc2ccccc2)CCNCC1. The van der Waals surface area contributed by atoms with Gasteiger partial charge in [-0.15, -0.1) is 0 Å². The van der Waals surface area contributed by atoms with Crippen LogP contribution in [0.25, 0.3) is 0 Å². The van der Waals surface area contributed by atoms with E-state index < -0.39 is 0 Å². The molecule has 1 heterocycles. The van der Waals surface area contributed by atoms with Crippen molar-refractivity contribution in [3.8, 4) is 5.75 Å². The average Bonchev–Trinajstić information content (AvgIpc) is 2.68. The molecule has 1 unspecified atom stereocenters. The molecule has 0 amide bonds. The van der Waals surface area contributed by atoms with Crippen molar-refractivity contribution >= 4 is 5.78 Å². The first-order chi connectivity index (χ1) is 12.7. The third-order valence-electron chi connectivity index (χ3n) is 5.28. The fraction of sp³-hybridized carbons (Fsp3) is 0.409. The quantitative estimate of drug-likeness (QED) is 0.585. The summed E-state index contributed by atoms with van der Waals surface area (Å²) in [6, 6.07) is 20.1. The smallest absolute Gasteiger partial charge is 0.191 e. The molecule has 0 aromatic heterocycles. The van der Waals surface area contributed by atoms with Crippen LogP contribution < -0.4 is 10.1 Å². The molecule has 0 aliphatic carbocycles. The number of ether oxygens (including phenoxy) is 1. The van der Waals surface area contributed by atoms with Gasteiger partial charge in [0.1, 0.15) is 5.75 Å². The minimum atomic E-state index is -0.0879. The first-order valence-electron chi connectivity index (χ1n) is 9.51. The zero-order valence-electron chi connectivity index (χ0n) is 15.6. The molecule has 0 saturated carbocycles. The molecule has 138 valence electrons. The maximum Gasteiger partial charge on any atom is 0.191 e. The van der Waals surface area contributed by atoms with Gasteiger partial charge in [0.25, 0.3) is 0 Å². The second-order valence-electron chi connectivity index (χ2n) is 7.08. The number of carbonyl (C=O) groups excluding carboxylic acids is 1. The number of quaternary nitrogens is 1. The largest absolute Gasteiger partial charge is 0.493 e. The Labute approximate surface area is 156 Å². The van der Waals surface area contributed by atoms with Crippen molar-refractivity contribution in [1.82, 2.24) is 5.32 Å². The van der Waals surface area contributed by atoms with Crippen LogP contribution in [0.2, 0.25) is 0 Å². The molecule has 3 rings (SSSR count). The Bertz CT molecular complexity index is 682. The maximum atomic E-state index is 12.6. The molecule has 4 heteroatoms. The van der Waals surface area contributed by atoms with Crippen molar-refractivity contribution in [2.45, 2.75) is 19.4 Å². The van der Waals surface area contributed by atoms with Crippen molar-refractivity contribution in [3.05, 3.63) is 66.2 Å². The Morgan fingerprint density at radius 2 is 1.65 bits per heavy atom. The van der Waals surface area contributed by atoms with Crippen molar-refractivity contribution in [2.24, 2.45) is 0 Å². The van der Waals surface area contributed by atoms with E-state index in [4.69, 9.17) is 4.74 Å². The van der Waals surface area contributed by atoms with Crippen LogP contribution in [0.3, 0.4) is 0 Å². The lowest BCUT2D eigenvalue weighted by Crippen LogP contribution is -2.62. The lowest BCUT2D eigenvalue weighted by Gasteiger charge is -2.46. The van der Waals surface area contributed by atoms with E-state index >= 15 is 0 Å². The van der Waals surface area contributed by atoms with E-state index in [1.165, 1.54) is 0 Å². The monoisotopic (exact) mass is 353 g/mol. The zero-order valence-corrected chi connectivity index (χ0v) is 15.6. The molecule has 1 aliphatic rings. The summed E-state index contributed by atoms with van der Waals surface area (Å²) in [4.78, 5) is 12.6. The first kappa shape index (κ1) is 18.6. The number of piperazine rings is 1. The molecule has 1 aliphatic heterocycles. The van der Waals surface area contributed by atoms with E-state index in [0.717, 1.165) is 54.9 Å². The van der Waals surface area contributed by atoms with E-state index in [-0.39, 0.29) is 11.8 Å². The lowest BCUT2D eigenvalue weighted by molar-refractivity contribution is -0.949. The topological polar surface area (TPSA) is 38.3 Å². The second-order valence-corrected chi connectivity index (χ2v) is 7.08. The van der Waals surface area contributed by atoms with E-state index in [0.29, 0.717) is 6.61 Å². The van der Waals surface area contributed by atoms with Gasteiger partial charge in [-0.05, 0) is 12.1 Å². The van der Waals surface area contributed by atoms with E-state index in [1.54, 1.807) is 6.92 Å². The summed E-state index contributed by atoms with van der Waals surface area (Å²) in [7, 11) is 0. The van der Waals surface area contributed by atoms with Gasteiger partial charge in [-0.2, -0.15) is 0 Å². The zero-order chi connectivity index (χ0) is 18.2. The molecule has 1 saturated heterocycles. The number of carbonyl (C=O) groups is 1. The Morgan fingerprint density at radius 1 is 1.04 bits per heavy atom. The number of nitrogens with zero attached hydrogens (tertiary/aromatic N) is 1. The predicted octanol–water partition coefficient (Wildman–Crippen LogP) is 3.21. The minimum Gasteiger partial charge on any atom is -0.493 e. The van der Waals surface area contributed by atoms with Gasteiger partial charge in [0.2, 0.25) is 0 Å². The van der Waals surface area contributed by atoms with Gasteiger partial charge in [-0.25, -0.2) is 0 Å². The van der Waals surface area contributed by atoms with Crippen LogP contribution in [0.5, 0.6) is 5.75 Å². The summed E-state index contributed by atoms with van der Waals surface area (Å²) in [5.74, 6) is 1.16. The maximum absolute atomic E-state index is 12.6. The third-order valence-corrected chi connectivity index (χ3v) is 5.28. The highest BCUT2D eigenvalue weighted by Gasteiger charge is 2.41. The molecule has 2 aromatic rings. The Kier molecular flexibility index (Phi) is 6.42. The first-order valence-corrected chi connectivity index (χ1v) is 9.51. The lowest BCUT2D eigenvalue weighted by atomic mass is 9.97. The molecule has 4 nitrogen and oxygen atoms in total. The van der Waals surface area contributed by atoms with Crippen LogP contribution in [0.15, 0.2) is 60.7 Å². The van der Waals surface area contributed by atoms with Gasteiger partial charge in [0.05, 0.1) is 26.2 Å². The van der Waals surface area contributed by atoms with Crippen LogP contribution in [0.4, 0.5) is 0 Å². The molecule has 0 spiro atoms. The highest BCUT2D eigenvalue weighted by Crippen LogP contribution is 2.31. The number of hydrogen-bond acceptors (Lipinski definition) is 3. The predicted molar refractivity (Wildman–Crippen MR) is 104 cm³/mol. The van der Waals surface area contributed by atoms with Crippen molar-refractivity contribution in [2.75, 3.05) is 39.3 Å². The summed E-state index contributed by atoms with van der Waals surface area (Å²) in [6.07, 6.45) is 0.936. The van der Waals surface area contributed by atoms with Crippen LogP contribution in [-0.4, -0.2) is 49.6 Å². The third kappa shape index (κ3) is 4.51. The Morgan fingerprint density at radius 3 is 2.27 bits per heavy atom. The summed E-state index contributed by atoms with van der Waals surface area (Å²) >= 11 is 0. The summed E-state index contributed by atoms with van der Waals surface area (Å²) in [5, 5.41) is 3.44. The summed E-state index contributed by atoms with van der Waals surface area (Å²) < 4.78 is 6.70. The van der Waals surface area contributed by atoms with E-state index in [9.17, 15) is 4.79 Å². The van der Waals surface area contributed by atoms with Crippen LogP contribution in [-0.2, 0) is 4.79 Å². The average molecular weight is 353 g/mol. The van der Waals surface area contributed by atoms with Crippen LogP contribution in [0.1, 0.15) is 24.9 Å². The number of benzene rings is 2. The van der Waals surface area contributed by atoms with Gasteiger partial charge < -0.3 is 14.5 Å². The fourth-order valence-corrected chi connectivity index (χ4v) is 4.11. The normalized spacial score (nSPS) is 17.4. The number of hydrogen-bond donors (Lipinski definition) is 1. The molecule has 0 radical (unpaired) electrons. The van der Waals surface area contributed by atoms with Gasteiger partial charge in [-0.1, -0.05) is 48.5 Å². The molecule has 1 fully saturated rings. The van der Waals surface area contributed by atoms with Gasteiger partial charge in [0.15, 0.2) is 11.8 Å². The second kappa shape index (κ2) is 8.97. The number of ketones is 1. The molecule has 1 N–H and O–H groups in total. The highest BCUT2D eigenvalue weighted by atomic mass is 16.5. The van der Waals surface area contributed by atoms with Crippen molar-refractivity contribution in [1.29, 1.82) is 0 Å². The fourth-order valence-electron chi connectivity index (χ4n) is 4.11. The summed E-state index contributed by atoms with van der Waals surface area (Å²) in [6.45, 7) is 7.23. The van der Waals surface area contributed by atoms with Crippen LogP contribution in [0, 0.1) is 0 Å². The molecular formula is C22H29N2O2+. The number of Topliss-reactive ketones (excluding diaryl/α,β-unsaturated/α-hetero) is 1. The van der Waals surface area contributed by atoms with Crippen molar-refractivity contribution < 1.29 is 14.0 Å². The highest BCUT2D eigenvalue weighted by molar-refractivity contribution is 5.81. The Hall–Kier alpha value is -2.17. The molecule has 2 aromatic carbocycles. The number of rotatable bonds is 8. The van der Waals surface area contributed by atoms with Crippen LogP contribution >= 0.6 is 0 Å². The minimum absolute atomic E-state index is 0.0879. The van der Waals surface area contributed by atoms with E-state index in [2.05, 4.69) is 17.4 Å². The van der Waals surface area contributed by atoms with Gasteiger partial charge in [0, 0.05) is 32.0 Å². The number of nitrogens with one attached hydrogen (secondary N) is 1. The standard InChI is InChI=1S/C22H29N2O2/c1-19(25)22(20-9-4-2-5-10-20)24(16-13-23-14-17-24)15-8-18-26-21-11-6-3-7-12-21/h2-7,9-12,22-23H,8,13-18H2,1H3/q+1. The van der Waals surface area contributed by atoms with Crippen molar-refractivity contribution in [3.63, 3.8) is 0 Å². The number of para-hydroxylation sites is 1. The molecule has 0 bridgehead atoms. The molecule has 26 heavy (non-hydrogen) atoms. The summed E-state index contributed by atoms with van der Waals surface area (Å²) in [5.41, 5.74) is 1.13. The van der Waals surface area contributed by atoms with E-state index in [1.807, 2.05) is 48.5 Å². The van der Waals surface area contributed by atoms with Gasteiger partial charge >= 0.3 is 0 Å².